The third-order valence-electron chi connectivity index (χ3n) is 0.766. The van der Waals surface area contributed by atoms with Gasteiger partial charge in [-0.3, -0.25) is 5.41 Å². The zero-order valence-electron chi connectivity index (χ0n) is 6.68. The summed E-state index contributed by atoms with van der Waals surface area (Å²) in [6, 6.07) is 0. The number of carbonyl (C=O) groups is 1. The molecule has 0 aromatic carbocycles. The fraction of sp³-hybridized carbons (Fsp3) is 0.667. The van der Waals surface area contributed by atoms with Crippen LogP contribution in [0.5, 0.6) is 0 Å². The van der Waals surface area contributed by atoms with E-state index in [1.54, 1.807) is 13.8 Å². The van der Waals surface area contributed by atoms with Gasteiger partial charge in [-0.15, -0.1) is 0 Å². The number of nitrogens with two attached hydrogens (primary N) is 1. The molecule has 0 heterocycles. The van der Waals surface area contributed by atoms with E-state index in [1.807, 2.05) is 0 Å². The van der Waals surface area contributed by atoms with Gasteiger partial charge in [0, 0.05) is 0 Å². The number of ether oxygens (including phenoxy) is 1. The molecule has 0 saturated carbocycles. The molecule has 0 rings (SSSR count). The molecular formula is C6H13N3O2. The van der Waals surface area contributed by atoms with Crippen LogP contribution in [0.3, 0.4) is 0 Å². The van der Waals surface area contributed by atoms with Crippen LogP contribution in [-0.2, 0) is 4.74 Å². The Morgan fingerprint density at radius 3 is 2.64 bits per heavy atom. The van der Waals surface area contributed by atoms with Gasteiger partial charge in [0.05, 0.1) is 12.6 Å². The van der Waals surface area contributed by atoms with Gasteiger partial charge < -0.3 is 15.8 Å². The van der Waals surface area contributed by atoms with Crippen molar-refractivity contribution in [2.24, 2.45) is 5.73 Å². The molecule has 0 radical (unpaired) electrons. The fourth-order valence-corrected chi connectivity index (χ4v) is 0.423. The number of amidine groups is 1. The van der Waals surface area contributed by atoms with Crippen molar-refractivity contribution in [2.75, 3.05) is 6.54 Å². The fourth-order valence-electron chi connectivity index (χ4n) is 0.423. The molecule has 1 amide bonds. The lowest BCUT2D eigenvalue weighted by atomic mass is 10.5. The maximum atomic E-state index is 10.7. The van der Waals surface area contributed by atoms with Gasteiger partial charge in [0.2, 0.25) is 0 Å². The highest BCUT2D eigenvalue weighted by molar-refractivity contribution is 5.82. The Balaban J connectivity index is 3.45. The highest BCUT2D eigenvalue weighted by Gasteiger charge is 2.03. The molecule has 0 aliphatic carbocycles. The molecule has 0 saturated heterocycles. The number of alkyl carbamates (subject to hydrolysis) is 1. The lowest BCUT2D eigenvalue weighted by Crippen LogP contribution is -2.34. The Hall–Kier alpha value is -1.26. The van der Waals surface area contributed by atoms with Gasteiger partial charge in [0.25, 0.3) is 0 Å². The van der Waals surface area contributed by atoms with Gasteiger partial charge in [-0.05, 0) is 13.8 Å². The van der Waals surface area contributed by atoms with Crippen molar-refractivity contribution in [1.29, 1.82) is 5.41 Å². The second kappa shape index (κ2) is 4.54. The summed E-state index contributed by atoms with van der Waals surface area (Å²) in [4.78, 5) is 10.7. The number of rotatable bonds is 3. The van der Waals surface area contributed by atoms with Gasteiger partial charge in [0.15, 0.2) is 0 Å². The minimum atomic E-state index is -0.546. The average Bonchev–Trinajstić information content (AvgIpc) is 1.82. The molecule has 5 heteroatoms. The first-order valence-electron chi connectivity index (χ1n) is 3.29. The Morgan fingerprint density at radius 2 is 2.27 bits per heavy atom. The quantitative estimate of drug-likeness (QED) is 0.402. The molecule has 11 heavy (non-hydrogen) atoms. The van der Waals surface area contributed by atoms with E-state index >= 15 is 0 Å². The number of amides is 1. The van der Waals surface area contributed by atoms with Crippen LogP contribution in [0.4, 0.5) is 4.79 Å². The second-order valence-electron chi connectivity index (χ2n) is 2.33. The summed E-state index contributed by atoms with van der Waals surface area (Å²) in [5.74, 6) is -0.0919. The first-order valence-corrected chi connectivity index (χ1v) is 3.29. The van der Waals surface area contributed by atoms with E-state index in [2.05, 4.69) is 5.32 Å². The Bertz CT molecular complexity index is 156. The van der Waals surface area contributed by atoms with Crippen LogP contribution in [0, 0.1) is 5.41 Å². The smallest absolute Gasteiger partial charge is 0.407 e. The molecule has 0 fully saturated rings. The molecule has 0 aliphatic heterocycles. The van der Waals surface area contributed by atoms with E-state index < -0.39 is 6.09 Å². The SMILES string of the molecule is CC(C)OC(=O)NCC(=N)N. The molecule has 4 N–H and O–H groups in total. The van der Waals surface area contributed by atoms with Crippen molar-refractivity contribution in [3.05, 3.63) is 0 Å². The lowest BCUT2D eigenvalue weighted by Gasteiger charge is -2.08. The minimum absolute atomic E-state index is 0.0333. The molecule has 64 valence electrons. The average molecular weight is 159 g/mol. The summed E-state index contributed by atoms with van der Waals surface area (Å²) in [5, 5.41) is 9.08. The van der Waals surface area contributed by atoms with Gasteiger partial charge >= 0.3 is 6.09 Å². The van der Waals surface area contributed by atoms with Crippen molar-refractivity contribution in [3.63, 3.8) is 0 Å². The third-order valence-corrected chi connectivity index (χ3v) is 0.766. The third kappa shape index (κ3) is 6.63. The molecule has 0 aliphatic rings. The van der Waals surface area contributed by atoms with Crippen molar-refractivity contribution >= 4 is 11.9 Å². The minimum Gasteiger partial charge on any atom is -0.447 e. The van der Waals surface area contributed by atoms with E-state index in [0.29, 0.717) is 0 Å². The van der Waals surface area contributed by atoms with E-state index in [-0.39, 0.29) is 18.5 Å². The standard InChI is InChI=1S/C6H13N3O2/c1-4(2)11-6(10)9-3-5(7)8/h4H,3H2,1-2H3,(H3,7,8)(H,9,10). The van der Waals surface area contributed by atoms with Crippen molar-refractivity contribution < 1.29 is 9.53 Å². The van der Waals surface area contributed by atoms with Crippen molar-refractivity contribution in [3.8, 4) is 0 Å². The van der Waals surface area contributed by atoms with Crippen LogP contribution in [0.15, 0.2) is 0 Å². The summed E-state index contributed by atoms with van der Waals surface area (Å²) < 4.78 is 4.70. The van der Waals surface area contributed by atoms with Gasteiger partial charge in [0.1, 0.15) is 5.84 Å². The molecule has 0 spiro atoms. The molecule has 0 aromatic rings. The summed E-state index contributed by atoms with van der Waals surface area (Å²) in [6.07, 6.45) is -0.697. The first-order chi connectivity index (χ1) is 5.02. The number of hydrogen-bond donors (Lipinski definition) is 3. The Morgan fingerprint density at radius 1 is 1.73 bits per heavy atom. The summed E-state index contributed by atoms with van der Waals surface area (Å²) in [7, 11) is 0. The Labute approximate surface area is 65.4 Å². The first kappa shape index (κ1) is 9.74. The zero-order chi connectivity index (χ0) is 8.85. The van der Waals surface area contributed by atoms with E-state index in [0.717, 1.165) is 0 Å². The molecule has 0 unspecified atom stereocenters. The van der Waals surface area contributed by atoms with Crippen LogP contribution >= 0.6 is 0 Å². The van der Waals surface area contributed by atoms with Gasteiger partial charge in [-0.25, -0.2) is 4.79 Å². The summed E-state index contributed by atoms with van der Waals surface area (Å²) >= 11 is 0. The van der Waals surface area contributed by atoms with E-state index in [1.165, 1.54) is 0 Å². The van der Waals surface area contributed by atoms with Crippen LogP contribution in [-0.4, -0.2) is 24.6 Å². The van der Waals surface area contributed by atoms with Crippen LogP contribution in [0.2, 0.25) is 0 Å². The van der Waals surface area contributed by atoms with Crippen molar-refractivity contribution in [2.45, 2.75) is 20.0 Å². The second-order valence-corrected chi connectivity index (χ2v) is 2.33. The Kier molecular flexibility index (Phi) is 4.02. The summed E-state index contributed by atoms with van der Waals surface area (Å²) in [6.45, 7) is 3.52. The molecule has 5 nitrogen and oxygen atoms in total. The molecule has 0 atom stereocenters. The predicted molar refractivity (Wildman–Crippen MR) is 41.5 cm³/mol. The van der Waals surface area contributed by atoms with E-state index in [9.17, 15) is 4.79 Å². The van der Waals surface area contributed by atoms with Crippen LogP contribution in [0.25, 0.3) is 0 Å². The highest BCUT2D eigenvalue weighted by atomic mass is 16.6. The van der Waals surface area contributed by atoms with Crippen LogP contribution < -0.4 is 11.1 Å². The number of hydrogen-bond acceptors (Lipinski definition) is 3. The monoisotopic (exact) mass is 159 g/mol. The number of carbonyl (C=O) groups excluding carboxylic acids is 1. The zero-order valence-corrected chi connectivity index (χ0v) is 6.68. The predicted octanol–water partition coefficient (Wildman–Crippen LogP) is 0.0570. The molecule has 0 bridgehead atoms. The highest BCUT2D eigenvalue weighted by Crippen LogP contribution is 1.86. The maximum absolute atomic E-state index is 10.7. The molecular weight excluding hydrogens is 146 g/mol. The van der Waals surface area contributed by atoms with Crippen LogP contribution in [0.1, 0.15) is 13.8 Å². The topological polar surface area (TPSA) is 88.2 Å². The summed E-state index contributed by atoms with van der Waals surface area (Å²) in [5.41, 5.74) is 4.98. The van der Waals surface area contributed by atoms with Gasteiger partial charge in [-0.2, -0.15) is 0 Å². The maximum Gasteiger partial charge on any atom is 0.407 e. The van der Waals surface area contributed by atoms with Crippen molar-refractivity contribution in [1.82, 2.24) is 5.32 Å². The van der Waals surface area contributed by atoms with E-state index in [4.69, 9.17) is 15.9 Å². The number of nitrogens with one attached hydrogen (secondary N) is 2. The molecule has 0 aromatic heterocycles. The normalized spacial score (nSPS) is 9.36. The largest absolute Gasteiger partial charge is 0.447 e. The van der Waals surface area contributed by atoms with Gasteiger partial charge in [-0.1, -0.05) is 0 Å². The lowest BCUT2D eigenvalue weighted by molar-refractivity contribution is 0.117.